The molecule has 2 heterocycles. The van der Waals surface area contributed by atoms with Gasteiger partial charge in [-0.1, -0.05) is 32.6 Å². The Morgan fingerprint density at radius 3 is 2.27 bits per heavy atom. The van der Waals surface area contributed by atoms with E-state index in [1.54, 1.807) is 11.3 Å². The van der Waals surface area contributed by atoms with E-state index in [0.29, 0.717) is 5.41 Å². The zero-order chi connectivity index (χ0) is 22.5. The molecule has 2 saturated heterocycles. The number of hydrogen-bond acceptors (Lipinski definition) is 4. The zero-order valence-electron chi connectivity index (χ0n) is 21.2. The Labute approximate surface area is 202 Å². The lowest BCUT2D eigenvalue weighted by Crippen LogP contribution is -2.47. The summed E-state index contributed by atoms with van der Waals surface area (Å²) in [5.41, 5.74) is 5.35. The molecule has 0 radical (unpaired) electrons. The van der Waals surface area contributed by atoms with E-state index in [1.165, 1.54) is 109 Å². The second-order valence-corrected chi connectivity index (χ2v) is 11.4. The highest BCUT2D eigenvalue weighted by Crippen LogP contribution is 2.53. The average molecular weight is 454 g/mol. The van der Waals surface area contributed by atoms with Crippen LogP contribution in [-0.4, -0.2) is 63.9 Å². The Bertz CT molecular complexity index is 735. The van der Waals surface area contributed by atoms with Gasteiger partial charge in [-0.05, 0) is 86.6 Å². The summed E-state index contributed by atoms with van der Waals surface area (Å²) >= 11 is 0. The van der Waals surface area contributed by atoms with Crippen LogP contribution in [0.5, 0.6) is 0 Å². The van der Waals surface area contributed by atoms with Crippen LogP contribution in [0.1, 0.15) is 89.0 Å². The molecule has 1 aromatic carbocycles. The molecule has 0 amide bonds. The van der Waals surface area contributed by atoms with Crippen LogP contribution in [0.15, 0.2) is 18.2 Å². The molecule has 4 aliphatic rings. The Balaban J connectivity index is 1.31. The first-order valence-corrected chi connectivity index (χ1v) is 14.2. The van der Waals surface area contributed by atoms with Crippen molar-refractivity contribution in [2.24, 2.45) is 5.41 Å². The van der Waals surface area contributed by atoms with Crippen molar-refractivity contribution in [3.05, 3.63) is 23.8 Å². The van der Waals surface area contributed by atoms with Crippen LogP contribution in [0, 0.1) is 5.41 Å². The van der Waals surface area contributed by atoms with E-state index in [-0.39, 0.29) is 0 Å². The van der Waals surface area contributed by atoms with Crippen molar-refractivity contribution in [2.45, 2.75) is 83.5 Å². The van der Waals surface area contributed by atoms with Crippen molar-refractivity contribution in [1.29, 1.82) is 0 Å². The molecule has 0 atom stereocenters. The average Bonchev–Trinajstić information content (AvgIpc) is 3.33. The highest BCUT2D eigenvalue weighted by Gasteiger charge is 2.38. The first-order valence-electron chi connectivity index (χ1n) is 14.2. The molecule has 0 aromatic heterocycles. The van der Waals surface area contributed by atoms with Crippen molar-refractivity contribution in [3.63, 3.8) is 0 Å². The van der Waals surface area contributed by atoms with E-state index in [9.17, 15) is 0 Å². The number of hydrogen-bond donors (Lipinski definition) is 0. The maximum Gasteiger partial charge on any atom is 0.0642 e. The topological polar surface area (TPSA) is 19.0 Å². The van der Waals surface area contributed by atoms with Gasteiger partial charge in [0.05, 0.1) is 13.2 Å². The third-order valence-corrected chi connectivity index (χ3v) is 9.33. The van der Waals surface area contributed by atoms with Crippen LogP contribution in [-0.2, 0) is 4.74 Å². The van der Waals surface area contributed by atoms with Gasteiger partial charge in [-0.15, -0.1) is 0 Å². The lowest BCUT2D eigenvalue weighted by atomic mass is 9.68. The van der Waals surface area contributed by atoms with Gasteiger partial charge in [-0.25, -0.2) is 0 Å². The molecule has 0 N–H and O–H groups in total. The SMILES string of the molecule is CCCCCN1CCN(c2ccc(N3CCOCC3)cc2C2CCC3(CCCC3)CC2)CC1. The van der Waals surface area contributed by atoms with E-state index in [4.69, 9.17) is 4.74 Å². The number of anilines is 2. The minimum Gasteiger partial charge on any atom is -0.378 e. The summed E-state index contributed by atoms with van der Waals surface area (Å²) in [5, 5.41) is 0. The fourth-order valence-electron chi connectivity index (χ4n) is 7.14. The second-order valence-electron chi connectivity index (χ2n) is 11.4. The van der Waals surface area contributed by atoms with Crippen LogP contribution in [0.4, 0.5) is 11.4 Å². The number of benzene rings is 1. The number of ether oxygens (including phenoxy) is 1. The summed E-state index contributed by atoms with van der Waals surface area (Å²) in [6.45, 7) is 12.2. The standard InChI is InChI=1S/C29H47N3O/c1-2-3-6-15-30-16-18-32(19-17-30)28-8-7-26(31-20-22-33-23-21-31)24-27(28)25-9-13-29(14-10-25)11-4-5-12-29/h7-8,24-25H,2-6,9-23H2,1H3. The number of rotatable bonds is 7. The Morgan fingerprint density at radius 1 is 0.848 bits per heavy atom. The molecule has 0 bridgehead atoms. The summed E-state index contributed by atoms with van der Waals surface area (Å²) in [4.78, 5) is 7.96. The lowest BCUT2D eigenvalue weighted by Gasteiger charge is -2.41. The van der Waals surface area contributed by atoms with E-state index >= 15 is 0 Å². The molecular weight excluding hydrogens is 406 g/mol. The van der Waals surface area contributed by atoms with Crippen molar-refractivity contribution in [1.82, 2.24) is 4.90 Å². The largest absolute Gasteiger partial charge is 0.378 e. The van der Waals surface area contributed by atoms with Gasteiger partial charge in [0.15, 0.2) is 0 Å². The maximum absolute atomic E-state index is 5.63. The fourth-order valence-corrected chi connectivity index (χ4v) is 7.14. The van der Waals surface area contributed by atoms with Crippen LogP contribution in [0.25, 0.3) is 0 Å². The van der Waals surface area contributed by atoms with Crippen molar-refractivity contribution in [3.8, 4) is 0 Å². The number of unbranched alkanes of at least 4 members (excludes halogenated alkanes) is 2. The maximum atomic E-state index is 5.63. The third kappa shape index (κ3) is 5.53. The minimum atomic E-state index is 0.711. The predicted molar refractivity (Wildman–Crippen MR) is 140 cm³/mol. The molecule has 4 heteroatoms. The molecule has 184 valence electrons. The second kappa shape index (κ2) is 11.0. The first kappa shape index (κ1) is 23.5. The van der Waals surface area contributed by atoms with E-state index in [2.05, 4.69) is 39.8 Å². The summed E-state index contributed by atoms with van der Waals surface area (Å²) in [6.07, 6.45) is 15.7. The molecule has 4 nitrogen and oxygen atoms in total. The normalized spacial score (nSPS) is 24.6. The van der Waals surface area contributed by atoms with Gasteiger partial charge in [-0.2, -0.15) is 0 Å². The Kier molecular flexibility index (Phi) is 7.82. The van der Waals surface area contributed by atoms with Crippen LogP contribution in [0.2, 0.25) is 0 Å². The molecule has 0 unspecified atom stereocenters. The van der Waals surface area contributed by atoms with Crippen LogP contribution < -0.4 is 9.80 Å². The minimum absolute atomic E-state index is 0.711. The predicted octanol–water partition coefficient (Wildman–Crippen LogP) is 6.05. The lowest BCUT2D eigenvalue weighted by molar-refractivity contribution is 0.122. The number of nitrogens with zero attached hydrogens (tertiary/aromatic N) is 3. The van der Waals surface area contributed by atoms with Gasteiger partial charge < -0.3 is 14.5 Å². The van der Waals surface area contributed by atoms with Gasteiger partial charge in [0.1, 0.15) is 0 Å². The molecule has 4 fully saturated rings. The number of piperazine rings is 1. The zero-order valence-corrected chi connectivity index (χ0v) is 21.2. The molecule has 2 saturated carbocycles. The highest BCUT2D eigenvalue weighted by molar-refractivity contribution is 5.63. The smallest absolute Gasteiger partial charge is 0.0642 e. The third-order valence-electron chi connectivity index (χ3n) is 9.33. The van der Waals surface area contributed by atoms with Crippen LogP contribution in [0.3, 0.4) is 0 Å². The van der Waals surface area contributed by atoms with Gasteiger partial charge in [0.25, 0.3) is 0 Å². The molecule has 1 spiro atoms. The molecule has 2 aliphatic heterocycles. The fraction of sp³-hybridized carbons (Fsp3) is 0.793. The van der Waals surface area contributed by atoms with Crippen molar-refractivity contribution in [2.75, 3.05) is 68.8 Å². The first-order chi connectivity index (χ1) is 16.3. The quantitative estimate of drug-likeness (QED) is 0.468. The van der Waals surface area contributed by atoms with E-state index < -0.39 is 0 Å². The van der Waals surface area contributed by atoms with Gasteiger partial charge >= 0.3 is 0 Å². The summed E-state index contributed by atoms with van der Waals surface area (Å²) < 4.78 is 5.63. The van der Waals surface area contributed by atoms with Crippen molar-refractivity contribution < 1.29 is 4.74 Å². The monoisotopic (exact) mass is 453 g/mol. The van der Waals surface area contributed by atoms with Gasteiger partial charge in [-0.3, -0.25) is 4.90 Å². The molecule has 5 rings (SSSR count). The number of morpholine rings is 1. The van der Waals surface area contributed by atoms with E-state index in [0.717, 1.165) is 32.2 Å². The Hall–Kier alpha value is -1.26. The molecule has 1 aromatic rings. The Morgan fingerprint density at radius 2 is 1.58 bits per heavy atom. The summed E-state index contributed by atoms with van der Waals surface area (Å²) in [7, 11) is 0. The van der Waals surface area contributed by atoms with Gasteiger partial charge in [0.2, 0.25) is 0 Å². The van der Waals surface area contributed by atoms with Gasteiger partial charge in [0, 0.05) is 50.6 Å². The molecular formula is C29H47N3O. The van der Waals surface area contributed by atoms with Crippen molar-refractivity contribution >= 4 is 11.4 Å². The van der Waals surface area contributed by atoms with Crippen LogP contribution >= 0.6 is 0 Å². The summed E-state index contributed by atoms with van der Waals surface area (Å²) in [5.74, 6) is 0.745. The highest BCUT2D eigenvalue weighted by atomic mass is 16.5. The molecule has 33 heavy (non-hydrogen) atoms. The van der Waals surface area contributed by atoms with E-state index in [1.807, 2.05) is 0 Å². The summed E-state index contributed by atoms with van der Waals surface area (Å²) in [6, 6.07) is 7.47. The molecule has 2 aliphatic carbocycles.